The first-order chi connectivity index (χ1) is 11.6. The first-order valence-electron chi connectivity index (χ1n) is 6.34. The molecule has 0 rings (SSSR count). The molecule has 0 aliphatic heterocycles. The summed E-state index contributed by atoms with van der Waals surface area (Å²) in [7, 11) is 0. The Balaban J connectivity index is -0.0000000640. The first kappa shape index (κ1) is 38.3. The Morgan fingerprint density at radius 2 is 0.655 bits per heavy atom. The molecule has 160 valence electrons. The van der Waals surface area contributed by atoms with E-state index < -0.39 is 72.7 Å². The summed E-state index contributed by atoms with van der Waals surface area (Å²) in [6.45, 7) is 0. The van der Waals surface area contributed by atoms with Crippen LogP contribution in [-0.2, 0) is 28.8 Å². The predicted octanol–water partition coefficient (Wildman–Crippen LogP) is -9.09. The zero-order valence-corrected chi connectivity index (χ0v) is 19.4. The molecule has 0 heterocycles. The van der Waals surface area contributed by atoms with Crippen molar-refractivity contribution in [2.45, 2.75) is 36.9 Å². The van der Waals surface area contributed by atoms with Gasteiger partial charge in [-0.25, -0.2) is 9.59 Å². The average Bonchev–Trinajstić information content (AvgIpc) is 2.34. The molecular weight excluding hydrogens is 430 g/mol. The van der Waals surface area contributed by atoms with Crippen molar-refractivity contribution < 1.29 is 137 Å². The number of carbonyl (C=O) groups is 6. The summed E-state index contributed by atoms with van der Waals surface area (Å²) in [5, 5.41) is 67.6. The third-order valence-electron chi connectivity index (χ3n) is 2.57. The van der Waals surface area contributed by atoms with E-state index in [9.17, 15) is 28.8 Å². The van der Waals surface area contributed by atoms with Gasteiger partial charge in [0.1, 0.15) is 0 Å². The van der Waals surface area contributed by atoms with Crippen molar-refractivity contribution in [3.05, 3.63) is 0 Å². The fraction of sp³-hybridized carbons (Fsp3) is 0.500. The Morgan fingerprint density at radius 3 is 0.724 bits per heavy atom. The second-order valence-electron chi connectivity index (χ2n) is 4.96. The molecule has 0 unspecified atom stereocenters. The number of hydrogen-bond acceptors (Lipinski definition) is 8. The van der Waals surface area contributed by atoms with Crippen LogP contribution in [-0.4, -0.2) is 93.3 Å². The molecule has 0 spiro atoms. The summed E-state index contributed by atoms with van der Waals surface area (Å²) in [5.74, 6) is -10.0. The van der Waals surface area contributed by atoms with Crippen LogP contribution in [0.3, 0.4) is 0 Å². The fourth-order valence-electron chi connectivity index (χ4n) is 1.43. The van der Waals surface area contributed by atoms with Crippen molar-refractivity contribution in [1.29, 1.82) is 0 Å². The van der Waals surface area contributed by atoms with Crippen LogP contribution in [0.25, 0.3) is 0 Å². The Kier molecular flexibility index (Phi) is 21.8. The van der Waals surface area contributed by atoms with Gasteiger partial charge in [0.05, 0.1) is 25.7 Å². The van der Waals surface area contributed by atoms with Crippen molar-refractivity contribution in [3.63, 3.8) is 0 Å². The van der Waals surface area contributed by atoms with Crippen molar-refractivity contribution in [1.82, 2.24) is 0 Å². The van der Waals surface area contributed by atoms with E-state index in [0.717, 1.165) is 0 Å². The number of aliphatic carboxylic acids is 6. The standard InChI is InChI=1S/2C6H8O7.2Na.H2O.2H/c2*7-3(8)1-6(13,5(11)12)2-4(9)10;;;;;/h2*13H,1-2H2,(H,7,8)(H,9,10)(H,11,12);;;1H2;;/q;;2*+1;;2*-1. The molecule has 0 aliphatic rings. The van der Waals surface area contributed by atoms with Gasteiger partial charge in [-0.1, -0.05) is 0 Å². The van der Waals surface area contributed by atoms with Gasteiger partial charge in [0.15, 0.2) is 11.2 Å². The molecular formula is C12H20Na2O15. The Labute approximate surface area is 208 Å². The van der Waals surface area contributed by atoms with E-state index >= 15 is 0 Å². The molecule has 0 saturated carbocycles. The van der Waals surface area contributed by atoms with E-state index in [-0.39, 0.29) is 67.4 Å². The smallest absolute Gasteiger partial charge is 1.00 e. The number of hydrogen-bond donors (Lipinski definition) is 8. The minimum Gasteiger partial charge on any atom is -1.00 e. The molecule has 0 atom stereocenters. The van der Waals surface area contributed by atoms with Crippen LogP contribution in [0.5, 0.6) is 0 Å². The van der Waals surface area contributed by atoms with Gasteiger partial charge in [-0.3, -0.25) is 19.2 Å². The molecule has 0 amide bonds. The number of rotatable bonds is 10. The topological polar surface area (TPSA) is 296 Å². The van der Waals surface area contributed by atoms with Crippen molar-refractivity contribution >= 4 is 35.8 Å². The molecule has 29 heavy (non-hydrogen) atoms. The van der Waals surface area contributed by atoms with Crippen LogP contribution in [0.1, 0.15) is 28.5 Å². The van der Waals surface area contributed by atoms with Gasteiger partial charge in [-0.2, -0.15) is 0 Å². The van der Waals surface area contributed by atoms with E-state index in [1.54, 1.807) is 0 Å². The molecule has 0 saturated heterocycles. The van der Waals surface area contributed by atoms with Crippen LogP contribution >= 0.6 is 0 Å². The molecule has 0 fully saturated rings. The quantitative estimate of drug-likeness (QED) is 0.143. The minimum atomic E-state index is -2.74. The van der Waals surface area contributed by atoms with Gasteiger partial charge in [0, 0.05) is 0 Å². The molecule has 0 aromatic heterocycles. The Hall–Kier alpha value is -1.30. The Bertz CT molecular complexity index is 529. The molecule has 0 bridgehead atoms. The summed E-state index contributed by atoms with van der Waals surface area (Å²) < 4.78 is 0. The van der Waals surface area contributed by atoms with Crippen LogP contribution in [0.2, 0.25) is 0 Å². The monoisotopic (exact) mass is 450 g/mol. The van der Waals surface area contributed by atoms with Crippen LogP contribution in [0.15, 0.2) is 0 Å². The SMILES string of the molecule is O.O=C(O)CC(O)(CC(=O)O)C(=O)O.O=C(O)CC(O)(CC(=O)O)C(=O)O.[H-].[H-].[Na+].[Na+]. The maximum atomic E-state index is 10.3. The molecule has 0 aliphatic carbocycles. The molecule has 10 N–H and O–H groups in total. The van der Waals surface area contributed by atoms with Crippen LogP contribution in [0, 0.1) is 0 Å². The Morgan fingerprint density at radius 1 is 0.517 bits per heavy atom. The molecule has 0 aromatic rings. The normalized spacial score (nSPS) is 9.72. The summed E-state index contributed by atoms with van der Waals surface area (Å²) in [6, 6.07) is 0. The van der Waals surface area contributed by atoms with Gasteiger partial charge in [0.2, 0.25) is 0 Å². The number of carboxylic acid groups (broad SMARTS) is 6. The first-order valence-corrected chi connectivity index (χ1v) is 6.34. The van der Waals surface area contributed by atoms with Crippen LogP contribution < -0.4 is 59.1 Å². The van der Waals surface area contributed by atoms with Gasteiger partial charge < -0.3 is 49.2 Å². The largest absolute Gasteiger partial charge is 1.00 e. The third-order valence-corrected chi connectivity index (χ3v) is 2.57. The summed E-state index contributed by atoms with van der Waals surface area (Å²) in [6.07, 6.45) is -4.58. The zero-order valence-electron chi connectivity index (χ0n) is 17.4. The van der Waals surface area contributed by atoms with E-state index in [0.29, 0.717) is 0 Å². The van der Waals surface area contributed by atoms with Gasteiger partial charge in [-0.15, -0.1) is 0 Å². The third kappa shape index (κ3) is 17.3. The number of aliphatic hydroxyl groups is 2. The van der Waals surface area contributed by atoms with E-state index in [4.69, 9.17) is 40.9 Å². The van der Waals surface area contributed by atoms with E-state index in [1.807, 2.05) is 0 Å². The van der Waals surface area contributed by atoms with Crippen molar-refractivity contribution in [2.24, 2.45) is 0 Å². The fourth-order valence-corrected chi connectivity index (χ4v) is 1.43. The summed E-state index contributed by atoms with van der Waals surface area (Å²) >= 11 is 0. The van der Waals surface area contributed by atoms with E-state index in [2.05, 4.69) is 0 Å². The molecule has 17 heteroatoms. The second kappa shape index (κ2) is 16.5. The number of carboxylic acids is 6. The maximum Gasteiger partial charge on any atom is 1.00 e. The van der Waals surface area contributed by atoms with Gasteiger partial charge >= 0.3 is 94.9 Å². The predicted molar refractivity (Wildman–Crippen MR) is 80.0 cm³/mol. The second-order valence-corrected chi connectivity index (χ2v) is 4.96. The zero-order chi connectivity index (χ0) is 21.3. The maximum absolute atomic E-state index is 10.3. The van der Waals surface area contributed by atoms with Crippen LogP contribution in [0.4, 0.5) is 0 Å². The van der Waals surface area contributed by atoms with Crippen molar-refractivity contribution in [2.75, 3.05) is 0 Å². The van der Waals surface area contributed by atoms with Crippen molar-refractivity contribution in [3.8, 4) is 0 Å². The molecule has 0 aromatic carbocycles. The average molecular weight is 450 g/mol. The van der Waals surface area contributed by atoms with Gasteiger partial charge in [0.25, 0.3) is 0 Å². The minimum absolute atomic E-state index is 0. The summed E-state index contributed by atoms with van der Waals surface area (Å²) in [4.78, 5) is 61.0. The molecule has 0 radical (unpaired) electrons. The van der Waals surface area contributed by atoms with E-state index in [1.165, 1.54) is 0 Å². The summed E-state index contributed by atoms with van der Waals surface area (Å²) in [5.41, 5.74) is -5.48. The molecule has 15 nitrogen and oxygen atoms in total. The van der Waals surface area contributed by atoms with Gasteiger partial charge in [-0.05, 0) is 0 Å².